The zero-order valence-electron chi connectivity index (χ0n) is 15.5. The van der Waals surface area contributed by atoms with Crippen LogP contribution in [0.1, 0.15) is 38.9 Å². The monoisotopic (exact) mass is 425 g/mol. The van der Waals surface area contributed by atoms with Gasteiger partial charge >= 0.3 is 12.3 Å². The molecule has 160 valence electrons. The maximum Gasteiger partial charge on any atom is 0.419 e. The largest absolute Gasteiger partial charge is 0.444 e. The molecule has 2 rings (SSSR count). The van der Waals surface area contributed by atoms with E-state index in [4.69, 9.17) is 9.47 Å². The van der Waals surface area contributed by atoms with Gasteiger partial charge in [-0.25, -0.2) is 22.8 Å². The van der Waals surface area contributed by atoms with E-state index in [0.717, 1.165) is 5.94 Å². The molecule has 0 aromatic heterocycles. The minimum absolute atomic E-state index is 0.204. The highest BCUT2D eigenvalue weighted by atomic mass is 19.4. The number of ether oxygens (including phenoxy) is 2. The summed E-state index contributed by atoms with van der Waals surface area (Å²) in [5.41, 5.74) is -2.77. The van der Waals surface area contributed by atoms with Crippen molar-refractivity contribution >= 4 is 12.0 Å². The molecule has 1 saturated heterocycles. The number of hydrogen-bond donors (Lipinski definition) is 1. The summed E-state index contributed by atoms with van der Waals surface area (Å²) in [6, 6.07) is -0.832. The van der Waals surface area contributed by atoms with Gasteiger partial charge in [-0.3, -0.25) is 0 Å². The first-order valence-corrected chi connectivity index (χ1v) is 8.33. The number of benzene rings is 1. The van der Waals surface area contributed by atoms with Gasteiger partial charge in [0.2, 0.25) is 0 Å². The van der Waals surface area contributed by atoms with E-state index in [-0.39, 0.29) is 6.07 Å². The molecule has 1 aliphatic heterocycles. The third-order valence-electron chi connectivity index (χ3n) is 3.86. The number of carbonyl (C=O) groups is 1. The number of alkyl halides is 3. The van der Waals surface area contributed by atoms with Gasteiger partial charge in [-0.2, -0.15) is 13.2 Å². The summed E-state index contributed by atoms with van der Waals surface area (Å²) in [5, 5.41) is 2.16. The highest BCUT2D eigenvalue weighted by Crippen LogP contribution is 2.41. The zero-order chi connectivity index (χ0) is 22.1. The molecule has 0 aliphatic carbocycles. The highest BCUT2D eigenvalue weighted by molar-refractivity contribution is 5.68. The molecule has 1 aromatic carbocycles. The van der Waals surface area contributed by atoms with Crippen LogP contribution in [0.5, 0.6) is 0 Å². The number of nitrogens with one attached hydrogen (secondary N) is 1. The molecule has 1 aliphatic rings. The number of rotatable bonds is 2. The molecule has 0 bridgehead atoms. The number of amides is 1. The van der Waals surface area contributed by atoms with Gasteiger partial charge in [-0.05, 0) is 26.8 Å². The van der Waals surface area contributed by atoms with Crippen LogP contribution in [0.25, 0.3) is 0 Å². The SMILES string of the molecule is CC(C)(C)OC(=O)N[C@H]1CC(=C=O)C(C(F)(F)F)O[C@@H]1c1cc(F)cc(F)c1F. The van der Waals surface area contributed by atoms with Crippen LogP contribution >= 0.6 is 0 Å². The smallest absolute Gasteiger partial charge is 0.419 e. The molecule has 1 heterocycles. The van der Waals surface area contributed by atoms with Crippen LogP contribution in [0.3, 0.4) is 0 Å². The Morgan fingerprint density at radius 2 is 1.83 bits per heavy atom. The van der Waals surface area contributed by atoms with Crippen LogP contribution in [0.4, 0.5) is 31.1 Å². The van der Waals surface area contributed by atoms with Crippen molar-refractivity contribution in [1.82, 2.24) is 5.32 Å². The van der Waals surface area contributed by atoms with E-state index in [1.54, 1.807) is 0 Å². The van der Waals surface area contributed by atoms with Crippen molar-refractivity contribution in [3.63, 3.8) is 0 Å². The lowest BCUT2D eigenvalue weighted by atomic mass is 9.90. The van der Waals surface area contributed by atoms with Crippen molar-refractivity contribution in [3.05, 3.63) is 40.7 Å². The van der Waals surface area contributed by atoms with E-state index < -0.39 is 71.1 Å². The van der Waals surface area contributed by atoms with Crippen molar-refractivity contribution < 1.29 is 45.4 Å². The summed E-state index contributed by atoms with van der Waals surface area (Å²) in [7, 11) is 0. The summed E-state index contributed by atoms with van der Waals surface area (Å²) in [6.45, 7) is 4.54. The normalized spacial score (nSPS) is 22.8. The van der Waals surface area contributed by atoms with Crippen molar-refractivity contribution in [1.29, 1.82) is 0 Å². The van der Waals surface area contributed by atoms with Gasteiger partial charge in [0.15, 0.2) is 17.7 Å². The van der Waals surface area contributed by atoms with Crippen molar-refractivity contribution in [2.45, 2.75) is 57.2 Å². The molecule has 0 saturated carbocycles. The van der Waals surface area contributed by atoms with E-state index in [1.807, 2.05) is 0 Å². The topological polar surface area (TPSA) is 64.6 Å². The lowest BCUT2D eigenvalue weighted by Gasteiger charge is -2.38. The van der Waals surface area contributed by atoms with E-state index >= 15 is 0 Å². The Hall–Kier alpha value is -2.52. The van der Waals surface area contributed by atoms with Gasteiger partial charge < -0.3 is 14.8 Å². The van der Waals surface area contributed by atoms with Crippen LogP contribution in [-0.2, 0) is 14.3 Å². The summed E-state index contributed by atoms with van der Waals surface area (Å²) in [5.74, 6) is -3.46. The number of hydrogen-bond acceptors (Lipinski definition) is 4. The van der Waals surface area contributed by atoms with Gasteiger partial charge in [0.05, 0.1) is 11.6 Å². The number of carbonyl (C=O) groups excluding carboxylic acids is 2. The number of alkyl carbamates (subject to hydrolysis) is 1. The van der Waals surface area contributed by atoms with Crippen LogP contribution in [0.15, 0.2) is 17.7 Å². The maximum atomic E-state index is 14.2. The lowest BCUT2D eigenvalue weighted by molar-refractivity contribution is -0.232. The molecule has 11 heteroatoms. The van der Waals surface area contributed by atoms with Gasteiger partial charge in [-0.15, -0.1) is 0 Å². The zero-order valence-corrected chi connectivity index (χ0v) is 15.5. The van der Waals surface area contributed by atoms with E-state index in [0.29, 0.717) is 6.07 Å². The fraction of sp³-hybridized carbons (Fsp3) is 0.500. The molecule has 0 radical (unpaired) electrons. The second kappa shape index (κ2) is 8.08. The third kappa shape index (κ3) is 5.51. The molecule has 1 aromatic rings. The first kappa shape index (κ1) is 22.8. The number of halogens is 6. The molecule has 29 heavy (non-hydrogen) atoms. The molecular formula is C18H17F6NO4. The standard InChI is InChI=1S/C18H17F6NO4/c1-17(2,3)29-16(27)25-12-4-8(7-26)15(18(22,23)24)28-14(12)10-5-9(19)6-11(20)13(10)21/h5-6,12,14-15H,4H2,1-3H3,(H,25,27)/t12-,14+,15?/m0/s1. The molecule has 1 N–H and O–H groups in total. The van der Waals surface area contributed by atoms with Crippen LogP contribution in [0, 0.1) is 17.5 Å². The Morgan fingerprint density at radius 3 is 2.34 bits per heavy atom. The summed E-state index contributed by atoms with van der Waals surface area (Å²) < 4.78 is 91.0. The first-order valence-electron chi connectivity index (χ1n) is 8.33. The maximum absolute atomic E-state index is 14.2. The fourth-order valence-electron chi connectivity index (χ4n) is 2.80. The minimum Gasteiger partial charge on any atom is -0.444 e. The molecular weight excluding hydrogens is 408 g/mol. The molecule has 1 unspecified atom stereocenters. The van der Waals surface area contributed by atoms with Crippen LogP contribution in [0.2, 0.25) is 0 Å². The average molecular weight is 425 g/mol. The Kier molecular flexibility index (Phi) is 6.34. The second-order valence-electron chi connectivity index (χ2n) is 7.35. The average Bonchev–Trinajstić information content (AvgIpc) is 2.55. The second-order valence-corrected chi connectivity index (χ2v) is 7.35. The lowest BCUT2D eigenvalue weighted by Crippen LogP contribution is -2.50. The predicted molar refractivity (Wildman–Crippen MR) is 87.0 cm³/mol. The van der Waals surface area contributed by atoms with Crippen molar-refractivity contribution in [2.75, 3.05) is 0 Å². The van der Waals surface area contributed by atoms with E-state index in [2.05, 4.69) is 5.32 Å². The van der Waals surface area contributed by atoms with E-state index in [1.165, 1.54) is 20.8 Å². The fourth-order valence-corrected chi connectivity index (χ4v) is 2.80. The van der Waals surface area contributed by atoms with Gasteiger partial charge in [0, 0.05) is 18.1 Å². The Labute approximate surface area is 161 Å². The van der Waals surface area contributed by atoms with Crippen LogP contribution < -0.4 is 5.32 Å². The molecule has 1 fully saturated rings. The Balaban J connectivity index is 2.48. The predicted octanol–water partition coefficient (Wildman–Crippen LogP) is 4.15. The minimum atomic E-state index is -5.08. The van der Waals surface area contributed by atoms with Gasteiger partial charge in [-0.1, -0.05) is 0 Å². The summed E-state index contributed by atoms with van der Waals surface area (Å²) in [4.78, 5) is 23.1. The molecule has 5 nitrogen and oxygen atoms in total. The molecule has 3 atom stereocenters. The Bertz CT molecular complexity index is 842. The van der Waals surface area contributed by atoms with E-state index in [9.17, 15) is 35.9 Å². The van der Waals surface area contributed by atoms with Gasteiger partial charge in [0.1, 0.15) is 23.5 Å². The highest BCUT2D eigenvalue weighted by Gasteiger charge is 2.51. The van der Waals surface area contributed by atoms with Crippen LogP contribution in [-0.4, -0.2) is 36.0 Å². The summed E-state index contributed by atoms with van der Waals surface area (Å²) >= 11 is 0. The van der Waals surface area contributed by atoms with Crippen molar-refractivity contribution in [2.24, 2.45) is 0 Å². The summed E-state index contributed by atoms with van der Waals surface area (Å²) in [6.07, 6.45) is -11.7. The Morgan fingerprint density at radius 1 is 1.21 bits per heavy atom. The third-order valence-corrected chi connectivity index (χ3v) is 3.86. The molecule has 0 spiro atoms. The molecule has 1 amide bonds. The quantitative estimate of drug-likeness (QED) is 0.439. The van der Waals surface area contributed by atoms with Gasteiger partial charge in [0.25, 0.3) is 0 Å². The first-order chi connectivity index (χ1) is 13.2. The van der Waals surface area contributed by atoms with Crippen molar-refractivity contribution in [3.8, 4) is 0 Å².